The van der Waals surface area contributed by atoms with Crippen LogP contribution >= 0.6 is 11.6 Å². The molecule has 1 aliphatic rings. The molecule has 0 radical (unpaired) electrons. The van der Waals surface area contributed by atoms with Crippen molar-refractivity contribution in [2.45, 2.75) is 12.8 Å². The molecule has 4 nitrogen and oxygen atoms in total. The summed E-state index contributed by atoms with van der Waals surface area (Å²) in [6, 6.07) is 14.2. The van der Waals surface area contributed by atoms with E-state index in [9.17, 15) is 9.59 Å². The van der Waals surface area contributed by atoms with Crippen LogP contribution in [0.4, 0.5) is 0 Å². The van der Waals surface area contributed by atoms with Crippen LogP contribution in [0.2, 0.25) is 5.02 Å². The fourth-order valence-electron chi connectivity index (χ4n) is 3.25. The maximum absolute atomic E-state index is 12.9. The highest BCUT2D eigenvalue weighted by atomic mass is 35.5. The van der Waals surface area contributed by atoms with Gasteiger partial charge in [0.2, 0.25) is 0 Å². The third-order valence-corrected chi connectivity index (χ3v) is 4.89. The van der Waals surface area contributed by atoms with Crippen molar-refractivity contribution in [2.75, 3.05) is 20.2 Å². The van der Waals surface area contributed by atoms with Gasteiger partial charge in [0.25, 0.3) is 5.91 Å². The van der Waals surface area contributed by atoms with Gasteiger partial charge < -0.3 is 9.64 Å². The van der Waals surface area contributed by atoms with E-state index in [1.807, 2.05) is 12.1 Å². The van der Waals surface area contributed by atoms with E-state index >= 15 is 0 Å². The number of rotatable bonds is 4. The second-order valence-corrected chi connectivity index (χ2v) is 6.54. The first-order valence-corrected chi connectivity index (χ1v) is 8.70. The van der Waals surface area contributed by atoms with E-state index in [1.54, 1.807) is 48.4 Å². The first kappa shape index (κ1) is 17.5. The minimum absolute atomic E-state index is 0.0223. The molecule has 0 aromatic heterocycles. The smallest absolute Gasteiger partial charge is 0.255 e. The number of hydrogen-bond donors (Lipinski definition) is 0. The first-order chi connectivity index (χ1) is 12.1. The topological polar surface area (TPSA) is 46.6 Å². The Balaban J connectivity index is 1.78. The Morgan fingerprint density at radius 3 is 2.48 bits per heavy atom. The van der Waals surface area contributed by atoms with Gasteiger partial charge in [0.1, 0.15) is 5.75 Å². The van der Waals surface area contributed by atoms with Crippen LogP contribution in [0.1, 0.15) is 33.6 Å². The van der Waals surface area contributed by atoms with Gasteiger partial charge in [-0.15, -0.1) is 0 Å². The molecule has 5 heteroatoms. The lowest BCUT2D eigenvalue weighted by molar-refractivity contribution is 0.0636. The molecule has 0 aliphatic carbocycles. The van der Waals surface area contributed by atoms with Gasteiger partial charge in [-0.2, -0.15) is 0 Å². The molecule has 1 atom stereocenters. The number of benzene rings is 2. The van der Waals surface area contributed by atoms with Crippen LogP contribution < -0.4 is 4.74 Å². The summed E-state index contributed by atoms with van der Waals surface area (Å²) in [6.07, 6.45) is 1.56. The third kappa shape index (κ3) is 3.69. The number of para-hydroxylation sites is 1. The maximum atomic E-state index is 12.9. The van der Waals surface area contributed by atoms with Crippen LogP contribution in [0, 0.1) is 5.92 Å². The summed E-state index contributed by atoms with van der Waals surface area (Å²) in [5.74, 6) is 0.246. The summed E-state index contributed by atoms with van der Waals surface area (Å²) < 4.78 is 5.30. The SMILES string of the molecule is COc1ccccc1C(=O)[C@@H]1CCCN(C(=O)c2ccccc2Cl)C1. The van der Waals surface area contributed by atoms with E-state index in [1.165, 1.54) is 0 Å². The van der Waals surface area contributed by atoms with Gasteiger partial charge in [0.15, 0.2) is 5.78 Å². The molecule has 1 heterocycles. The van der Waals surface area contributed by atoms with Gasteiger partial charge >= 0.3 is 0 Å². The molecule has 0 N–H and O–H groups in total. The van der Waals surface area contributed by atoms with Crippen molar-refractivity contribution >= 4 is 23.3 Å². The molecule has 1 fully saturated rings. The molecule has 0 bridgehead atoms. The zero-order chi connectivity index (χ0) is 17.8. The number of methoxy groups -OCH3 is 1. The van der Waals surface area contributed by atoms with E-state index in [0.717, 1.165) is 12.8 Å². The quantitative estimate of drug-likeness (QED) is 0.774. The Morgan fingerprint density at radius 1 is 1.08 bits per heavy atom. The highest BCUT2D eigenvalue weighted by Crippen LogP contribution is 2.27. The lowest BCUT2D eigenvalue weighted by Crippen LogP contribution is -2.42. The van der Waals surface area contributed by atoms with Crippen LogP contribution in [0.3, 0.4) is 0 Å². The molecule has 2 aromatic carbocycles. The Morgan fingerprint density at radius 2 is 1.76 bits per heavy atom. The highest BCUT2D eigenvalue weighted by molar-refractivity contribution is 6.33. The van der Waals surface area contributed by atoms with E-state index in [4.69, 9.17) is 16.3 Å². The zero-order valence-corrected chi connectivity index (χ0v) is 14.8. The van der Waals surface area contributed by atoms with Crippen molar-refractivity contribution in [3.8, 4) is 5.75 Å². The second kappa shape index (κ2) is 7.70. The number of piperidine rings is 1. The van der Waals surface area contributed by atoms with Gasteiger partial charge in [-0.1, -0.05) is 35.9 Å². The van der Waals surface area contributed by atoms with Crippen LogP contribution in [-0.4, -0.2) is 36.8 Å². The van der Waals surface area contributed by atoms with E-state index in [2.05, 4.69) is 0 Å². The molecule has 0 saturated carbocycles. The highest BCUT2D eigenvalue weighted by Gasteiger charge is 2.31. The van der Waals surface area contributed by atoms with Crippen molar-refractivity contribution in [3.63, 3.8) is 0 Å². The molecule has 1 amide bonds. The van der Waals surface area contributed by atoms with Gasteiger partial charge in [0.05, 0.1) is 23.3 Å². The number of halogens is 1. The monoisotopic (exact) mass is 357 g/mol. The van der Waals surface area contributed by atoms with Crippen molar-refractivity contribution in [2.24, 2.45) is 5.92 Å². The lowest BCUT2D eigenvalue weighted by atomic mass is 9.89. The molecule has 130 valence electrons. The number of ether oxygens (including phenoxy) is 1. The van der Waals surface area contributed by atoms with Gasteiger partial charge in [0, 0.05) is 19.0 Å². The van der Waals surface area contributed by atoms with E-state index in [0.29, 0.717) is 35.0 Å². The fraction of sp³-hybridized carbons (Fsp3) is 0.300. The van der Waals surface area contributed by atoms with Gasteiger partial charge in [-0.3, -0.25) is 9.59 Å². The van der Waals surface area contributed by atoms with Gasteiger partial charge in [-0.05, 0) is 37.1 Å². The summed E-state index contributed by atoms with van der Waals surface area (Å²) in [5.41, 5.74) is 1.05. The number of carbonyl (C=O) groups is 2. The summed E-state index contributed by atoms with van der Waals surface area (Å²) in [4.78, 5) is 27.4. The van der Waals surface area contributed by atoms with Gasteiger partial charge in [-0.25, -0.2) is 0 Å². The van der Waals surface area contributed by atoms with Crippen LogP contribution in [0.5, 0.6) is 5.75 Å². The molecule has 3 rings (SSSR count). The lowest BCUT2D eigenvalue weighted by Gasteiger charge is -2.32. The molecule has 25 heavy (non-hydrogen) atoms. The predicted molar refractivity (Wildman–Crippen MR) is 97.4 cm³/mol. The number of amides is 1. The largest absolute Gasteiger partial charge is 0.496 e. The van der Waals surface area contributed by atoms with Crippen LogP contribution in [0.15, 0.2) is 48.5 Å². The number of hydrogen-bond acceptors (Lipinski definition) is 3. The number of Topliss-reactive ketones (excluding diaryl/α,β-unsaturated/α-hetero) is 1. The molecular weight excluding hydrogens is 338 g/mol. The molecular formula is C20H20ClNO3. The predicted octanol–water partition coefficient (Wildman–Crippen LogP) is 4.08. The summed E-state index contributed by atoms with van der Waals surface area (Å²) in [7, 11) is 1.56. The minimum Gasteiger partial charge on any atom is -0.496 e. The average molecular weight is 358 g/mol. The Kier molecular flexibility index (Phi) is 5.39. The fourth-order valence-corrected chi connectivity index (χ4v) is 3.47. The number of carbonyl (C=O) groups excluding carboxylic acids is 2. The van der Waals surface area contributed by atoms with Crippen molar-refractivity contribution < 1.29 is 14.3 Å². The molecule has 0 spiro atoms. The van der Waals surface area contributed by atoms with Crippen molar-refractivity contribution in [1.82, 2.24) is 4.90 Å². The Labute approximate surface area is 152 Å². The molecule has 1 aliphatic heterocycles. The van der Waals surface area contributed by atoms with Crippen LogP contribution in [0.25, 0.3) is 0 Å². The van der Waals surface area contributed by atoms with E-state index < -0.39 is 0 Å². The Hall–Kier alpha value is -2.33. The minimum atomic E-state index is -0.225. The summed E-state index contributed by atoms with van der Waals surface area (Å²) in [6.45, 7) is 1.04. The third-order valence-electron chi connectivity index (χ3n) is 4.56. The molecule has 2 aromatic rings. The second-order valence-electron chi connectivity index (χ2n) is 6.13. The van der Waals surface area contributed by atoms with Crippen molar-refractivity contribution in [1.29, 1.82) is 0 Å². The zero-order valence-electron chi connectivity index (χ0n) is 14.1. The maximum Gasteiger partial charge on any atom is 0.255 e. The summed E-state index contributed by atoms with van der Waals surface area (Å²) >= 11 is 6.14. The average Bonchev–Trinajstić information content (AvgIpc) is 2.67. The van der Waals surface area contributed by atoms with Crippen molar-refractivity contribution in [3.05, 3.63) is 64.7 Å². The normalized spacial score (nSPS) is 17.2. The standard InChI is InChI=1S/C20H20ClNO3/c1-25-18-11-5-3-9-16(18)19(23)14-7-6-12-22(13-14)20(24)15-8-2-4-10-17(15)21/h2-5,8-11,14H,6-7,12-13H2,1H3/t14-/m1/s1. The molecule has 1 saturated heterocycles. The number of ketones is 1. The number of nitrogens with zero attached hydrogens (tertiary/aromatic N) is 1. The summed E-state index contributed by atoms with van der Waals surface area (Å²) in [5, 5.41) is 0.436. The van der Waals surface area contributed by atoms with E-state index in [-0.39, 0.29) is 17.6 Å². The Bertz CT molecular complexity index is 790. The van der Waals surface area contributed by atoms with Crippen LogP contribution in [-0.2, 0) is 0 Å². The first-order valence-electron chi connectivity index (χ1n) is 8.33. The number of likely N-dealkylation sites (tertiary alicyclic amines) is 1. The molecule has 0 unspecified atom stereocenters.